The van der Waals surface area contributed by atoms with E-state index in [1.807, 2.05) is 30.6 Å². The Balaban J connectivity index is 1.97. The van der Waals surface area contributed by atoms with Crippen LogP contribution in [-0.4, -0.2) is 57.1 Å². The van der Waals surface area contributed by atoms with Gasteiger partial charge in [-0.1, -0.05) is 6.08 Å². The van der Waals surface area contributed by atoms with E-state index in [-0.39, 0.29) is 10.9 Å². The van der Waals surface area contributed by atoms with Crippen LogP contribution in [0.25, 0.3) is 5.57 Å². The Kier molecular flexibility index (Phi) is 8.87. The second-order valence-corrected chi connectivity index (χ2v) is 10.4. The van der Waals surface area contributed by atoms with E-state index in [1.165, 1.54) is 19.2 Å². The number of rotatable bonds is 10. The number of carbonyl (C=O) groups excluding carboxylic acids is 1. The molecule has 37 heavy (non-hydrogen) atoms. The van der Waals surface area contributed by atoms with Gasteiger partial charge in [-0.2, -0.15) is 13.5 Å². The third-order valence-corrected chi connectivity index (χ3v) is 7.18. The van der Waals surface area contributed by atoms with Crippen molar-refractivity contribution in [1.82, 2.24) is 19.4 Å². The summed E-state index contributed by atoms with van der Waals surface area (Å²) < 4.78 is 49.8. The first kappa shape index (κ1) is 28.1. The number of anilines is 1. The summed E-state index contributed by atoms with van der Waals surface area (Å²) in [4.78, 5) is 18.7. The second-order valence-electron chi connectivity index (χ2n) is 8.77. The molecular weight excluding hydrogens is 499 g/mol. The van der Waals surface area contributed by atoms with Crippen LogP contribution < -0.4 is 10.0 Å². The fourth-order valence-corrected chi connectivity index (χ4v) is 5.22. The van der Waals surface area contributed by atoms with Gasteiger partial charge in [0.1, 0.15) is 5.82 Å². The van der Waals surface area contributed by atoms with Gasteiger partial charge in [-0.05, 0) is 76.7 Å². The average molecular weight is 533 g/mol. The maximum Gasteiger partial charge on any atom is 0.333 e. The van der Waals surface area contributed by atoms with Crippen LogP contribution in [0.4, 0.5) is 14.9 Å². The first-order valence-corrected chi connectivity index (χ1v) is 13.3. The van der Waals surface area contributed by atoms with E-state index < -0.39 is 21.9 Å². The van der Waals surface area contributed by atoms with Gasteiger partial charge in [0.05, 0.1) is 18.5 Å². The fraction of sp³-hybridized carbons (Fsp3) is 0.400. The molecule has 0 saturated heterocycles. The van der Waals surface area contributed by atoms with Crippen molar-refractivity contribution in [2.24, 2.45) is 4.99 Å². The number of aromatic nitrogens is 2. The van der Waals surface area contributed by atoms with Crippen LogP contribution in [0, 0.1) is 5.82 Å². The van der Waals surface area contributed by atoms with Gasteiger partial charge < -0.3 is 15.0 Å². The zero-order chi connectivity index (χ0) is 27.3. The van der Waals surface area contributed by atoms with Crippen LogP contribution in [-0.2, 0) is 40.7 Å². The van der Waals surface area contributed by atoms with Crippen LogP contribution >= 0.6 is 0 Å². The molecule has 12 heteroatoms. The molecule has 0 fully saturated rings. The Morgan fingerprint density at radius 3 is 2.62 bits per heavy atom. The van der Waals surface area contributed by atoms with Gasteiger partial charge in [-0.15, -0.1) is 0 Å². The van der Waals surface area contributed by atoms with Crippen molar-refractivity contribution >= 4 is 34.0 Å². The molecule has 2 aromatic rings. The predicted molar refractivity (Wildman–Crippen MR) is 141 cm³/mol. The number of aryl methyl sites for hydroxylation is 1. The third kappa shape index (κ3) is 6.25. The number of hydrogen-bond acceptors (Lipinski definition) is 7. The van der Waals surface area contributed by atoms with Gasteiger partial charge in [0.15, 0.2) is 5.03 Å². The lowest BCUT2D eigenvalue weighted by atomic mass is 9.96. The van der Waals surface area contributed by atoms with E-state index in [0.29, 0.717) is 66.0 Å². The van der Waals surface area contributed by atoms with Crippen molar-refractivity contribution in [1.29, 1.82) is 0 Å². The van der Waals surface area contributed by atoms with Gasteiger partial charge in [-0.3, -0.25) is 4.68 Å². The minimum absolute atomic E-state index is 0.201. The van der Waals surface area contributed by atoms with Crippen LogP contribution in [0.2, 0.25) is 0 Å². The van der Waals surface area contributed by atoms with Crippen LogP contribution in [0.5, 0.6) is 0 Å². The number of hydrogen-bond donors (Lipinski definition) is 2. The molecule has 0 aliphatic heterocycles. The molecule has 3 rings (SSSR count). The van der Waals surface area contributed by atoms with Gasteiger partial charge in [0.2, 0.25) is 5.88 Å². The molecule has 10 nitrogen and oxygen atoms in total. The maximum absolute atomic E-state index is 15.0. The van der Waals surface area contributed by atoms with E-state index in [2.05, 4.69) is 22.1 Å². The molecule has 0 atom stereocenters. The molecular formula is C25H33FN6O4S. The van der Waals surface area contributed by atoms with E-state index in [4.69, 9.17) is 4.74 Å². The number of nitrogens with one attached hydrogen (secondary N) is 2. The quantitative estimate of drug-likeness (QED) is 0.274. The lowest BCUT2D eigenvalue weighted by Crippen LogP contribution is -2.35. The normalized spacial score (nSPS) is 14.0. The highest BCUT2D eigenvalue weighted by Gasteiger charge is 2.27. The number of amides is 2. The molecule has 0 saturated carbocycles. The lowest BCUT2D eigenvalue weighted by Gasteiger charge is -2.18. The Hall–Kier alpha value is -3.51. The molecule has 1 aliphatic carbocycles. The number of aliphatic imine (C=N–C) groups is 1. The number of sulfonamides is 1. The number of fused-ring (bicyclic) bond motifs is 1. The average Bonchev–Trinajstić information content (AvgIpc) is 3.49. The summed E-state index contributed by atoms with van der Waals surface area (Å²) in [6.07, 6.45) is 5.05. The minimum atomic E-state index is -4.27. The standard InChI is InChI=1S/C25H33FN6O4S/c1-7-16(12-22(27-3)36-6)20-14-21(26)18-10-9-11-19(18)24(20)28-25(33)30-37(34,35)23-13-17(15-31(4)5)32(8-2)29-23/h7,12-14H,3,8-11,15H2,1-2,4-6H3,(H2,28,30,33)/b16-7+,22-12+. The third-order valence-electron chi connectivity index (χ3n) is 5.97. The highest BCUT2D eigenvalue weighted by atomic mass is 32.2. The zero-order valence-electron chi connectivity index (χ0n) is 21.8. The number of halogens is 1. The minimum Gasteiger partial charge on any atom is -0.481 e. The molecule has 1 heterocycles. The van der Waals surface area contributed by atoms with Crippen LogP contribution in [0.15, 0.2) is 40.2 Å². The summed E-state index contributed by atoms with van der Waals surface area (Å²) >= 11 is 0. The number of methoxy groups -OCH3 is 1. The van der Waals surface area contributed by atoms with Crippen LogP contribution in [0.3, 0.4) is 0 Å². The van der Waals surface area contributed by atoms with E-state index in [0.717, 1.165) is 0 Å². The molecule has 2 amide bonds. The lowest BCUT2D eigenvalue weighted by molar-refractivity contribution is 0.256. The van der Waals surface area contributed by atoms with Gasteiger partial charge in [-0.25, -0.2) is 18.9 Å². The van der Waals surface area contributed by atoms with Crippen molar-refractivity contribution in [3.05, 3.63) is 58.4 Å². The van der Waals surface area contributed by atoms with Crippen molar-refractivity contribution in [3.63, 3.8) is 0 Å². The number of ether oxygens (including phenoxy) is 1. The number of benzene rings is 1. The zero-order valence-corrected chi connectivity index (χ0v) is 22.6. The second kappa shape index (κ2) is 11.7. The maximum atomic E-state index is 15.0. The number of urea groups is 1. The summed E-state index contributed by atoms with van der Waals surface area (Å²) in [6, 6.07) is 1.79. The Morgan fingerprint density at radius 1 is 1.32 bits per heavy atom. The van der Waals surface area contributed by atoms with E-state index in [1.54, 1.807) is 23.8 Å². The molecule has 0 unspecified atom stereocenters. The molecule has 2 N–H and O–H groups in total. The summed E-state index contributed by atoms with van der Waals surface area (Å²) in [5, 5.41) is 6.56. The van der Waals surface area contributed by atoms with E-state index in [9.17, 15) is 17.6 Å². The molecule has 1 aromatic carbocycles. The monoisotopic (exact) mass is 532 g/mol. The Morgan fingerprint density at radius 2 is 2.03 bits per heavy atom. The van der Waals surface area contributed by atoms with Crippen molar-refractivity contribution < 1.29 is 22.3 Å². The molecule has 1 aromatic heterocycles. The highest BCUT2D eigenvalue weighted by molar-refractivity contribution is 7.90. The van der Waals surface area contributed by atoms with Gasteiger partial charge in [0.25, 0.3) is 10.0 Å². The Bertz CT molecular complexity index is 1360. The molecule has 200 valence electrons. The number of nitrogens with zero attached hydrogens (tertiary/aromatic N) is 4. The number of carbonyl (C=O) groups is 1. The Labute approximate surface area is 217 Å². The molecule has 0 spiro atoms. The van der Waals surface area contributed by atoms with Gasteiger partial charge in [0, 0.05) is 30.8 Å². The SMILES string of the molecule is C=N/C(=C\C(=C/C)c1cc(F)c2c(c1NC(=O)NS(=O)(=O)c1cc(CN(C)C)n(CC)n1)CCC2)OC. The van der Waals surface area contributed by atoms with Crippen molar-refractivity contribution in [2.75, 3.05) is 26.5 Å². The summed E-state index contributed by atoms with van der Waals surface area (Å²) in [7, 11) is 0.881. The fourth-order valence-electron chi connectivity index (χ4n) is 4.32. The first-order chi connectivity index (χ1) is 17.5. The largest absolute Gasteiger partial charge is 0.481 e. The van der Waals surface area contributed by atoms with Crippen molar-refractivity contribution in [2.45, 2.75) is 51.2 Å². The summed E-state index contributed by atoms with van der Waals surface area (Å²) in [5.41, 5.74) is 3.05. The van der Waals surface area contributed by atoms with Crippen molar-refractivity contribution in [3.8, 4) is 0 Å². The molecule has 0 radical (unpaired) electrons. The number of allylic oxidation sites excluding steroid dienone is 3. The van der Waals surface area contributed by atoms with E-state index >= 15 is 0 Å². The summed E-state index contributed by atoms with van der Waals surface area (Å²) in [5.74, 6) is -0.190. The highest BCUT2D eigenvalue weighted by Crippen LogP contribution is 2.38. The smallest absolute Gasteiger partial charge is 0.333 e. The van der Waals surface area contributed by atoms with Crippen LogP contribution in [0.1, 0.15) is 42.7 Å². The topological polar surface area (TPSA) is 118 Å². The molecule has 1 aliphatic rings. The first-order valence-electron chi connectivity index (χ1n) is 11.8. The van der Waals surface area contributed by atoms with Gasteiger partial charge >= 0.3 is 6.03 Å². The summed E-state index contributed by atoms with van der Waals surface area (Å²) in [6.45, 7) is 8.01. The predicted octanol–water partition coefficient (Wildman–Crippen LogP) is 3.69. The molecule has 0 bridgehead atoms.